The van der Waals surface area contributed by atoms with Gasteiger partial charge in [-0.25, -0.2) is 0 Å². The highest BCUT2D eigenvalue weighted by Gasteiger charge is 2.56. The van der Waals surface area contributed by atoms with Crippen molar-refractivity contribution in [2.45, 2.75) is 69.8 Å². The lowest BCUT2D eigenvalue weighted by molar-refractivity contribution is -0.210. The fourth-order valence-corrected chi connectivity index (χ4v) is 6.52. The standard InChI is InChI=1S/C24H31O4PS/c1-23(2,3)30-16-19-20(21-22(25-19)27-24(4,5)26-21)28-29(17-12-8-6-9-13-17)18-14-10-7-11-15-18/h6-15,19-22H,16H2,1-5H3/t19-,20+,21-,22-/m1/s1. The van der Waals surface area contributed by atoms with Crippen LogP contribution in [0, 0.1) is 0 Å². The maximum absolute atomic E-state index is 6.89. The lowest BCUT2D eigenvalue weighted by Crippen LogP contribution is -2.39. The van der Waals surface area contributed by atoms with Crippen LogP contribution in [0.1, 0.15) is 34.6 Å². The van der Waals surface area contributed by atoms with E-state index in [1.807, 2.05) is 37.7 Å². The van der Waals surface area contributed by atoms with Crippen LogP contribution in [0.3, 0.4) is 0 Å². The van der Waals surface area contributed by atoms with E-state index in [9.17, 15) is 0 Å². The molecule has 0 aromatic heterocycles. The van der Waals surface area contributed by atoms with Crippen molar-refractivity contribution >= 4 is 30.5 Å². The number of thioether (sulfide) groups is 1. The summed E-state index contributed by atoms with van der Waals surface area (Å²) >= 11 is 1.88. The molecule has 30 heavy (non-hydrogen) atoms. The number of hydrogen-bond donors (Lipinski definition) is 0. The van der Waals surface area contributed by atoms with Gasteiger partial charge in [-0.3, -0.25) is 0 Å². The summed E-state index contributed by atoms with van der Waals surface area (Å²) in [6, 6.07) is 20.9. The van der Waals surface area contributed by atoms with Crippen LogP contribution in [-0.2, 0) is 18.7 Å². The molecule has 0 amide bonds. The summed E-state index contributed by atoms with van der Waals surface area (Å²) in [7, 11) is -1.01. The maximum Gasteiger partial charge on any atom is 0.190 e. The van der Waals surface area contributed by atoms with Gasteiger partial charge in [0.25, 0.3) is 0 Å². The topological polar surface area (TPSA) is 36.9 Å². The first-order valence-corrected chi connectivity index (χ1v) is 12.7. The van der Waals surface area contributed by atoms with Crippen LogP contribution < -0.4 is 10.6 Å². The molecule has 2 heterocycles. The normalized spacial score (nSPS) is 28.1. The molecule has 0 aliphatic carbocycles. The van der Waals surface area contributed by atoms with E-state index in [-0.39, 0.29) is 29.3 Å². The SMILES string of the molecule is CC1(C)O[C@H]2O[C@H](CSC(C)(C)C)[C@H](OP(c3ccccc3)c3ccccc3)[C@H]2O1. The van der Waals surface area contributed by atoms with Gasteiger partial charge >= 0.3 is 0 Å². The Labute approximate surface area is 185 Å². The molecule has 2 aromatic rings. The van der Waals surface area contributed by atoms with E-state index in [1.54, 1.807) is 0 Å². The zero-order valence-corrected chi connectivity index (χ0v) is 20.0. The molecular formula is C24H31O4PS. The fourth-order valence-electron chi connectivity index (χ4n) is 3.66. The van der Waals surface area contributed by atoms with E-state index in [4.69, 9.17) is 18.7 Å². The number of rotatable bonds is 6. The van der Waals surface area contributed by atoms with E-state index in [0.29, 0.717) is 0 Å². The Bertz CT molecular complexity index is 785. The van der Waals surface area contributed by atoms with Gasteiger partial charge in [-0.1, -0.05) is 81.4 Å². The first-order valence-electron chi connectivity index (χ1n) is 10.4. The molecule has 2 aromatic carbocycles. The van der Waals surface area contributed by atoms with Gasteiger partial charge in [0.1, 0.15) is 12.2 Å². The predicted molar refractivity (Wildman–Crippen MR) is 125 cm³/mol. The highest BCUT2D eigenvalue weighted by atomic mass is 32.2. The van der Waals surface area contributed by atoms with E-state index in [1.165, 1.54) is 10.6 Å². The van der Waals surface area contributed by atoms with Gasteiger partial charge in [-0.15, -0.1) is 0 Å². The van der Waals surface area contributed by atoms with Gasteiger partial charge in [-0.05, 0) is 13.8 Å². The van der Waals surface area contributed by atoms with E-state index >= 15 is 0 Å². The van der Waals surface area contributed by atoms with Gasteiger partial charge < -0.3 is 18.7 Å². The minimum atomic E-state index is -1.01. The smallest absolute Gasteiger partial charge is 0.190 e. The van der Waals surface area contributed by atoms with Gasteiger partial charge in [0.05, 0.1) is 14.3 Å². The third kappa shape index (κ3) is 5.27. The molecule has 0 radical (unpaired) electrons. The Morgan fingerprint density at radius 2 is 1.50 bits per heavy atom. The summed E-state index contributed by atoms with van der Waals surface area (Å²) in [5, 5.41) is 2.37. The molecule has 0 N–H and O–H groups in total. The van der Waals surface area contributed by atoms with Gasteiger partial charge in [0.2, 0.25) is 0 Å². The number of benzene rings is 2. The second kappa shape index (κ2) is 8.90. The molecule has 162 valence electrons. The average Bonchev–Trinajstić information content (AvgIpc) is 3.16. The third-order valence-electron chi connectivity index (χ3n) is 4.98. The maximum atomic E-state index is 6.89. The summed E-state index contributed by atoms with van der Waals surface area (Å²) < 4.78 is 25.6. The van der Waals surface area contributed by atoms with Crippen molar-refractivity contribution in [1.82, 2.24) is 0 Å². The van der Waals surface area contributed by atoms with E-state index < -0.39 is 13.9 Å². The first-order chi connectivity index (χ1) is 14.2. The molecule has 0 unspecified atom stereocenters. The molecule has 0 spiro atoms. The number of ether oxygens (including phenoxy) is 3. The van der Waals surface area contributed by atoms with Crippen molar-refractivity contribution in [3.63, 3.8) is 0 Å². The van der Waals surface area contributed by atoms with Gasteiger partial charge in [0.15, 0.2) is 12.1 Å². The lowest BCUT2D eigenvalue weighted by atomic mass is 10.1. The van der Waals surface area contributed by atoms with Crippen molar-refractivity contribution < 1.29 is 18.7 Å². The average molecular weight is 447 g/mol. The van der Waals surface area contributed by atoms with Crippen molar-refractivity contribution in [1.29, 1.82) is 0 Å². The summed E-state index contributed by atoms with van der Waals surface area (Å²) in [6.45, 7) is 10.5. The van der Waals surface area contributed by atoms with Crippen LogP contribution in [0.5, 0.6) is 0 Å². The first kappa shape index (κ1) is 22.3. The fraction of sp³-hybridized carbons (Fsp3) is 0.500. The highest BCUT2D eigenvalue weighted by molar-refractivity contribution is 8.00. The Morgan fingerprint density at radius 3 is 2.03 bits per heavy atom. The summed E-state index contributed by atoms with van der Waals surface area (Å²) in [6.07, 6.45) is -0.905. The van der Waals surface area contributed by atoms with Crippen molar-refractivity contribution in [3.05, 3.63) is 60.7 Å². The number of fused-ring (bicyclic) bond motifs is 1. The molecule has 2 fully saturated rings. The molecule has 6 heteroatoms. The van der Waals surface area contributed by atoms with Crippen LogP contribution in [0.4, 0.5) is 0 Å². The second-order valence-corrected chi connectivity index (χ2v) is 12.8. The van der Waals surface area contributed by atoms with Crippen LogP contribution in [0.2, 0.25) is 0 Å². The molecular weight excluding hydrogens is 415 g/mol. The summed E-state index contributed by atoms with van der Waals surface area (Å²) in [5.74, 6) is 0.169. The van der Waals surface area contributed by atoms with Gasteiger partial charge in [0, 0.05) is 21.1 Å². The molecule has 0 saturated carbocycles. The summed E-state index contributed by atoms with van der Waals surface area (Å²) in [5.41, 5.74) is 0. The summed E-state index contributed by atoms with van der Waals surface area (Å²) in [4.78, 5) is 0. The largest absolute Gasteiger partial charge is 0.343 e. The van der Waals surface area contributed by atoms with Gasteiger partial charge in [-0.2, -0.15) is 11.8 Å². The van der Waals surface area contributed by atoms with Crippen molar-refractivity contribution in [3.8, 4) is 0 Å². The zero-order valence-electron chi connectivity index (χ0n) is 18.3. The minimum absolute atomic E-state index is 0.0854. The number of hydrogen-bond acceptors (Lipinski definition) is 5. The van der Waals surface area contributed by atoms with Crippen molar-refractivity contribution in [2.75, 3.05) is 5.75 Å². The molecule has 4 rings (SSSR count). The predicted octanol–water partition coefficient (Wildman–Crippen LogP) is 4.83. The highest BCUT2D eigenvalue weighted by Crippen LogP contribution is 2.46. The monoisotopic (exact) mass is 446 g/mol. The lowest BCUT2D eigenvalue weighted by Gasteiger charge is -2.30. The molecule has 2 aliphatic rings. The van der Waals surface area contributed by atoms with E-state index in [2.05, 4.69) is 69.3 Å². The van der Waals surface area contributed by atoms with Crippen LogP contribution in [0.15, 0.2) is 60.7 Å². The second-order valence-electron chi connectivity index (χ2n) is 9.10. The molecule has 2 aliphatic heterocycles. The molecule has 4 nitrogen and oxygen atoms in total. The third-order valence-corrected chi connectivity index (χ3v) is 8.33. The Hall–Kier alpha value is -0.940. The zero-order chi connectivity index (χ0) is 21.4. The Morgan fingerprint density at radius 1 is 0.933 bits per heavy atom. The quantitative estimate of drug-likeness (QED) is 0.595. The van der Waals surface area contributed by atoms with Crippen LogP contribution >= 0.6 is 19.9 Å². The van der Waals surface area contributed by atoms with Crippen molar-refractivity contribution in [2.24, 2.45) is 0 Å². The molecule has 2 saturated heterocycles. The Balaban J connectivity index is 1.62. The van der Waals surface area contributed by atoms with E-state index in [0.717, 1.165) is 5.75 Å². The van der Waals surface area contributed by atoms with Crippen LogP contribution in [0.25, 0.3) is 0 Å². The minimum Gasteiger partial charge on any atom is -0.343 e. The van der Waals surface area contributed by atoms with Crippen LogP contribution in [-0.4, -0.2) is 40.9 Å². The molecule has 4 atom stereocenters. The molecule has 0 bridgehead atoms. The Kier molecular flexibility index (Phi) is 6.60.